The van der Waals surface area contributed by atoms with E-state index in [0.29, 0.717) is 0 Å². The van der Waals surface area contributed by atoms with Crippen LogP contribution in [0.15, 0.2) is 84.9 Å². The average Bonchev–Trinajstić information content (AvgIpc) is 2.65. The van der Waals surface area contributed by atoms with Gasteiger partial charge in [-0.3, -0.25) is 0 Å². The molecule has 0 amide bonds. The summed E-state index contributed by atoms with van der Waals surface area (Å²) < 4.78 is 1.25. The molecule has 0 N–H and O–H groups in total. The van der Waals surface area contributed by atoms with Crippen molar-refractivity contribution in [2.45, 2.75) is 19.3 Å². The van der Waals surface area contributed by atoms with Crippen molar-refractivity contribution in [2.24, 2.45) is 0 Å². The lowest BCUT2D eigenvalue weighted by molar-refractivity contribution is 0.810. The highest BCUT2D eigenvalue weighted by Crippen LogP contribution is 2.32. The highest BCUT2D eigenvalue weighted by atomic mass is 127. The summed E-state index contributed by atoms with van der Waals surface area (Å²) in [6.45, 7) is 0. The summed E-state index contributed by atoms with van der Waals surface area (Å²) in [5.74, 6) is 0. The molecule has 0 aromatic heterocycles. The van der Waals surface area contributed by atoms with Crippen LogP contribution >= 0.6 is 30.5 Å². The van der Waals surface area contributed by atoms with Crippen molar-refractivity contribution in [3.05, 3.63) is 90.5 Å². The Hall–Kier alpha value is -1.18. The van der Waals surface area contributed by atoms with E-state index in [1.807, 2.05) is 0 Å². The molecule has 0 bridgehead atoms. The monoisotopic (exact) mass is 444 g/mol. The first-order valence-electron chi connectivity index (χ1n) is 8.43. The maximum Gasteiger partial charge on any atom is -0.000461 e. The molecule has 0 fully saturated rings. The lowest BCUT2D eigenvalue weighted by Crippen LogP contribution is -2.20. The van der Waals surface area contributed by atoms with E-state index in [9.17, 15) is 0 Å². The van der Waals surface area contributed by atoms with Crippen molar-refractivity contribution in [3.8, 4) is 0 Å². The fourth-order valence-electron chi connectivity index (χ4n) is 2.84. The summed E-state index contributed by atoms with van der Waals surface area (Å²) in [5, 5.41) is 4.26. The molecule has 0 saturated heterocycles. The Morgan fingerprint density at radius 3 is 1.58 bits per heavy atom. The molecule has 0 aliphatic rings. The topological polar surface area (TPSA) is 0 Å². The van der Waals surface area contributed by atoms with Crippen LogP contribution in [-0.4, -0.2) is 4.43 Å². The molecule has 0 nitrogen and oxygen atoms in total. The molecule has 0 heterocycles. The Labute approximate surface area is 160 Å². The van der Waals surface area contributed by atoms with E-state index in [2.05, 4.69) is 108 Å². The van der Waals surface area contributed by atoms with E-state index in [1.165, 1.54) is 45.2 Å². The van der Waals surface area contributed by atoms with E-state index >= 15 is 0 Å². The van der Waals surface area contributed by atoms with E-state index in [4.69, 9.17) is 0 Å². The average molecular weight is 444 g/mol. The Kier molecular flexibility index (Phi) is 6.86. The first kappa shape index (κ1) is 17.6. The van der Waals surface area contributed by atoms with Crippen LogP contribution in [0.4, 0.5) is 0 Å². The third kappa shape index (κ3) is 4.68. The molecule has 0 spiro atoms. The zero-order valence-electron chi connectivity index (χ0n) is 13.7. The number of halogens is 1. The first-order valence-corrected chi connectivity index (χ1v) is 11.3. The number of aryl methyl sites for hydroxylation is 1. The molecule has 3 aromatic carbocycles. The van der Waals surface area contributed by atoms with Crippen molar-refractivity contribution in [1.82, 2.24) is 0 Å². The number of unbranched alkanes of at least 4 members (excludes halogenated alkanes) is 1. The second-order valence-corrected chi connectivity index (χ2v) is 9.12. The maximum absolute atomic E-state index is 2.46. The quantitative estimate of drug-likeness (QED) is 0.203. The number of benzene rings is 3. The molecule has 0 unspecified atom stereocenters. The van der Waals surface area contributed by atoms with Gasteiger partial charge >= 0.3 is 0 Å². The Morgan fingerprint density at radius 2 is 1.08 bits per heavy atom. The normalized spacial score (nSPS) is 10.9. The Bertz CT molecular complexity index is 683. The Morgan fingerprint density at radius 1 is 0.583 bits per heavy atom. The fourth-order valence-corrected chi connectivity index (χ4v) is 5.66. The highest BCUT2D eigenvalue weighted by molar-refractivity contribution is 14.1. The van der Waals surface area contributed by atoms with Gasteiger partial charge in [-0.2, -0.15) is 0 Å². The predicted molar refractivity (Wildman–Crippen MR) is 117 cm³/mol. The predicted octanol–water partition coefficient (Wildman–Crippen LogP) is 5.20. The third-order valence-corrected chi connectivity index (χ3v) is 7.28. The molecule has 24 heavy (non-hydrogen) atoms. The van der Waals surface area contributed by atoms with Gasteiger partial charge in [0.2, 0.25) is 0 Å². The van der Waals surface area contributed by atoms with Crippen LogP contribution in [0, 0.1) is 0 Å². The van der Waals surface area contributed by atoms with Crippen LogP contribution in [0.5, 0.6) is 0 Å². The third-order valence-electron chi connectivity index (χ3n) is 4.07. The summed E-state index contributed by atoms with van der Waals surface area (Å²) in [5.41, 5.74) is 1.46. The van der Waals surface area contributed by atoms with E-state index in [1.54, 1.807) is 0 Å². The summed E-state index contributed by atoms with van der Waals surface area (Å²) in [6, 6.07) is 31.1. The molecular weight excluding hydrogens is 422 g/mol. The molecule has 0 aliphatic heterocycles. The summed E-state index contributed by atoms with van der Waals surface area (Å²) in [7, 11) is -0.476. The van der Waals surface area contributed by atoms with Gasteiger partial charge in [-0.05, 0) is 53.1 Å². The van der Waals surface area contributed by atoms with Gasteiger partial charge in [-0.15, -0.1) is 0 Å². The van der Waals surface area contributed by atoms with E-state index in [0.717, 1.165) is 0 Å². The molecule has 0 aliphatic carbocycles. The van der Waals surface area contributed by atoms with Crippen LogP contribution in [0.25, 0.3) is 0 Å². The van der Waals surface area contributed by atoms with Crippen molar-refractivity contribution in [1.29, 1.82) is 0 Å². The smallest absolute Gasteiger partial charge is 0.000461 e. The standard InChI is InChI=1S/C22H22IP/c23-18-8-7-9-19-14-16-22(17-15-19)24(20-10-3-1-4-11-20)21-12-5-2-6-13-21/h1-6,10-17H,7-9,18H2. The van der Waals surface area contributed by atoms with Gasteiger partial charge in [0.05, 0.1) is 0 Å². The van der Waals surface area contributed by atoms with Crippen LogP contribution < -0.4 is 15.9 Å². The van der Waals surface area contributed by atoms with E-state index in [-0.39, 0.29) is 0 Å². The zero-order chi connectivity index (χ0) is 16.6. The fraction of sp³-hybridized carbons (Fsp3) is 0.182. The van der Waals surface area contributed by atoms with Gasteiger partial charge in [-0.1, -0.05) is 108 Å². The zero-order valence-corrected chi connectivity index (χ0v) is 16.8. The number of hydrogen-bond acceptors (Lipinski definition) is 0. The van der Waals surface area contributed by atoms with Crippen molar-refractivity contribution >= 4 is 46.4 Å². The van der Waals surface area contributed by atoms with Gasteiger partial charge in [0.15, 0.2) is 0 Å². The molecule has 2 heteroatoms. The lowest BCUT2D eigenvalue weighted by Gasteiger charge is -2.19. The van der Waals surface area contributed by atoms with Gasteiger partial charge < -0.3 is 0 Å². The largest absolute Gasteiger partial charge is 0.0864 e. The number of alkyl halides is 1. The first-order chi connectivity index (χ1) is 11.9. The van der Waals surface area contributed by atoms with Crippen LogP contribution in [-0.2, 0) is 6.42 Å². The molecule has 3 rings (SSSR count). The van der Waals surface area contributed by atoms with Crippen molar-refractivity contribution < 1.29 is 0 Å². The summed E-state index contributed by atoms with van der Waals surface area (Å²) in [4.78, 5) is 0. The molecule has 122 valence electrons. The van der Waals surface area contributed by atoms with Crippen molar-refractivity contribution in [3.63, 3.8) is 0 Å². The SMILES string of the molecule is ICCCCc1ccc(P(c2ccccc2)c2ccccc2)cc1. The minimum atomic E-state index is -0.476. The lowest BCUT2D eigenvalue weighted by atomic mass is 10.1. The number of rotatable bonds is 7. The minimum Gasteiger partial charge on any atom is -0.0864 e. The summed E-state index contributed by atoms with van der Waals surface area (Å²) >= 11 is 2.46. The second kappa shape index (κ2) is 9.34. The van der Waals surface area contributed by atoms with Crippen LogP contribution in [0.2, 0.25) is 0 Å². The molecule has 0 saturated carbocycles. The van der Waals surface area contributed by atoms with Gasteiger partial charge in [-0.25, -0.2) is 0 Å². The van der Waals surface area contributed by atoms with Gasteiger partial charge in [0.25, 0.3) is 0 Å². The van der Waals surface area contributed by atoms with Gasteiger partial charge in [0.1, 0.15) is 0 Å². The van der Waals surface area contributed by atoms with Crippen LogP contribution in [0.1, 0.15) is 18.4 Å². The summed E-state index contributed by atoms with van der Waals surface area (Å²) in [6.07, 6.45) is 3.79. The van der Waals surface area contributed by atoms with Crippen molar-refractivity contribution in [2.75, 3.05) is 4.43 Å². The maximum atomic E-state index is 2.46. The van der Waals surface area contributed by atoms with Gasteiger partial charge in [0, 0.05) is 0 Å². The highest BCUT2D eigenvalue weighted by Gasteiger charge is 2.15. The number of hydrogen-bond donors (Lipinski definition) is 0. The molecule has 3 aromatic rings. The molecular formula is C22H22IP. The second-order valence-electron chi connectivity index (χ2n) is 5.82. The molecule has 0 radical (unpaired) electrons. The molecule has 0 atom stereocenters. The van der Waals surface area contributed by atoms with Crippen LogP contribution in [0.3, 0.4) is 0 Å². The van der Waals surface area contributed by atoms with E-state index < -0.39 is 7.92 Å². The minimum absolute atomic E-state index is 0.476. The Balaban J connectivity index is 1.89.